The molecule has 0 amide bonds. The van der Waals surface area contributed by atoms with Gasteiger partial charge in [0, 0.05) is 29.5 Å². The molecule has 0 spiro atoms. The zero-order valence-corrected chi connectivity index (χ0v) is 14.5. The lowest BCUT2D eigenvalue weighted by atomic mass is 10.2. The fraction of sp³-hybridized carbons (Fsp3) is 0.368. The Morgan fingerprint density at radius 3 is 2.39 bits per heavy atom. The van der Waals surface area contributed by atoms with Crippen LogP contribution in [0.2, 0.25) is 0 Å². The summed E-state index contributed by atoms with van der Waals surface area (Å²) in [6.07, 6.45) is 0. The fourth-order valence-electron chi connectivity index (χ4n) is 2.95. The highest BCUT2D eigenvalue weighted by molar-refractivity contribution is 5.78. The maximum Gasteiger partial charge on any atom is 0.165 e. The molecule has 0 radical (unpaired) electrons. The number of imidazole rings is 1. The summed E-state index contributed by atoms with van der Waals surface area (Å²) < 4.78 is 2.19. The molecule has 0 fully saturated rings. The normalized spacial score (nSPS) is 11.4. The number of hydrogen-bond acceptors (Lipinski definition) is 3. The lowest BCUT2D eigenvalue weighted by Crippen LogP contribution is -2.04. The number of aryl methyl sites for hydroxylation is 2. The number of pyridine rings is 1. The van der Waals surface area contributed by atoms with Crippen LogP contribution in [0.5, 0.6) is 0 Å². The van der Waals surface area contributed by atoms with Crippen molar-refractivity contribution in [1.82, 2.24) is 14.5 Å². The zero-order chi connectivity index (χ0) is 16.6. The summed E-state index contributed by atoms with van der Waals surface area (Å²) in [6.45, 7) is 11.5. The lowest BCUT2D eigenvalue weighted by molar-refractivity contribution is 0.757. The number of anilines is 1. The van der Waals surface area contributed by atoms with Crippen molar-refractivity contribution < 1.29 is 0 Å². The van der Waals surface area contributed by atoms with Crippen molar-refractivity contribution >= 4 is 16.9 Å². The highest BCUT2D eigenvalue weighted by Crippen LogP contribution is 2.27. The van der Waals surface area contributed by atoms with Gasteiger partial charge in [0.15, 0.2) is 5.65 Å². The Morgan fingerprint density at radius 2 is 1.78 bits per heavy atom. The van der Waals surface area contributed by atoms with Crippen molar-refractivity contribution in [3.05, 3.63) is 47.4 Å². The average molecular weight is 308 g/mol. The van der Waals surface area contributed by atoms with Crippen LogP contribution in [0.4, 0.5) is 5.69 Å². The molecule has 0 saturated heterocycles. The van der Waals surface area contributed by atoms with Gasteiger partial charge in [0.2, 0.25) is 0 Å². The van der Waals surface area contributed by atoms with Crippen LogP contribution >= 0.6 is 0 Å². The molecule has 2 aromatic heterocycles. The Kier molecular flexibility index (Phi) is 4.07. The lowest BCUT2D eigenvalue weighted by Gasteiger charge is -2.12. The van der Waals surface area contributed by atoms with Gasteiger partial charge in [-0.25, -0.2) is 9.97 Å². The van der Waals surface area contributed by atoms with Crippen LogP contribution in [0.1, 0.15) is 43.8 Å². The molecule has 0 atom stereocenters. The number of hydrogen-bond donors (Lipinski definition) is 1. The molecule has 3 rings (SSSR count). The molecule has 2 heterocycles. The summed E-state index contributed by atoms with van der Waals surface area (Å²) in [5, 5.41) is 3.33. The van der Waals surface area contributed by atoms with Gasteiger partial charge in [0.1, 0.15) is 11.3 Å². The van der Waals surface area contributed by atoms with Crippen molar-refractivity contribution in [2.75, 3.05) is 11.9 Å². The standard InChI is InChI=1S/C19H24N4/c1-6-20-15-7-9-16(10-8-15)23-18(12(2)3)22-17-13(4)11-14(5)21-19(17)23/h7-12,20H,6H2,1-5H3. The largest absolute Gasteiger partial charge is 0.385 e. The van der Waals surface area contributed by atoms with Crippen LogP contribution in [0.25, 0.3) is 16.9 Å². The SMILES string of the molecule is CCNc1ccc(-n2c(C(C)C)nc3c(C)cc(C)nc32)cc1. The van der Waals surface area contributed by atoms with Crippen molar-refractivity contribution in [2.45, 2.75) is 40.5 Å². The van der Waals surface area contributed by atoms with E-state index in [9.17, 15) is 0 Å². The first-order valence-corrected chi connectivity index (χ1v) is 8.22. The molecule has 0 aliphatic carbocycles. The van der Waals surface area contributed by atoms with Crippen LogP contribution in [0, 0.1) is 13.8 Å². The molecule has 4 nitrogen and oxygen atoms in total. The summed E-state index contributed by atoms with van der Waals surface area (Å²) in [5.41, 5.74) is 6.38. The van der Waals surface area contributed by atoms with E-state index in [0.29, 0.717) is 5.92 Å². The van der Waals surface area contributed by atoms with Crippen LogP contribution in [0.15, 0.2) is 30.3 Å². The number of benzene rings is 1. The molecule has 120 valence electrons. The highest BCUT2D eigenvalue weighted by Gasteiger charge is 2.18. The van der Waals surface area contributed by atoms with Crippen LogP contribution in [-0.4, -0.2) is 21.1 Å². The minimum Gasteiger partial charge on any atom is -0.385 e. The number of fused-ring (bicyclic) bond motifs is 1. The van der Waals surface area contributed by atoms with Gasteiger partial charge in [-0.3, -0.25) is 4.57 Å². The van der Waals surface area contributed by atoms with E-state index in [0.717, 1.165) is 40.6 Å². The van der Waals surface area contributed by atoms with Gasteiger partial charge in [-0.05, 0) is 56.7 Å². The molecule has 0 aliphatic rings. The van der Waals surface area contributed by atoms with Gasteiger partial charge in [-0.1, -0.05) is 13.8 Å². The van der Waals surface area contributed by atoms with Gasteiger partial charge >= 0.3 is 0 Å². The third kappa shape index (κ3) is 2.81. The Bertz CT molecular complexity index is 829. The third-order valence-electron chi connectivity index (χ3n) is 3.98. The predicted octanol–water partition coefficient (Wildman–Crippen LogP) is 4.59. The van der Waals surface area contributed by atoms with Gasteiger partial charge in [-0.2, -0.15) is 0 Å². The van der Waals surface area contributed by atoms with E-state index in [1.807, 2.05) is 6.92 Å². The Balaban J connectivity index is 2.23. The summed E-state index contributed by atoms with van der Waals surface area (Å²) in [7, 11) is 0. The minimum absolute atomic E-state index is 0.331. The summed E-state index contributed by atoms with van der Waals surface area (Å²) >= 11 is 0. The van der Waals surface area contributed by atoms with E-state index >= 15 is 0 Å². The molecular weight excluding hydrogens is 284 g/mol. The van der Waals surface area contributed by atoms with Crippen molar-refractivity contribution in [3.8, 4) is 5.69 Å². The quantitative estimate of drug-likeness (QED) is 0.766. The third-order valence-corrected chi connectivity index (χ3v) is 3.98. The van der Waals surface area contributed by atoms with E-state index in [4.69, 9.17) is 9.97 Å². The first kappa shape index (κ1) is 15.5. The van der Waals surface area contributed by atoms with Crippen molar-refractivity contribution in [3.63, 3.8) is 0 Å². The predicted molar refractivity (Wildman–Crippen MR) is 96.6 cm³/mol. The molecule has 0 unspecified atom stereocenters. The molecule has 0 bridgehead atoms. The molecule has 0 aliphatic heterocycles. The Labute approximate surface area is 137 Å². The number of nitrogens with one attached hydrogen (secondary N) is 1. The number of aromatic nitrogens is 3. The molecule has 0 saturated carbocycles. The molecular formula is C19H24N4. The smallest absolute Gasteiger partial charge is 0.165 e. The summed E-state index contributed by atoms with van der Waals surface area (Å²) in [6, 6.07) is 10.6. The van der Waals surface area contributed by atoms with Crippen molar-refractivity contribution in [2.24, 2.45) is 0 Å². The minimum atomic E-state index is 0.331. The molecule has 23 heavy (non-hydrogen) atoms. The second-order valence-electron chi connectivity index (χ2n) is 6.29. The molecule has 3 aromatic rings. The number of rotatable bonds is 4. The van der Waals surface area contributed by atoms with Crippen molar-refractivity contribution in [1.29, 1.82) is 0 Å². The summed E-state index contributed by atoms with van der Waals surface area (Å²) in [5.74, 6) is 1.38. The van der Waals surface area contributed by atoms with Crippen LogP contribution < -0.4 is 5.32 Å². The van der Waals surface area contributed by atoms with Crippen LogP contribution in [-0.2, 0) is 0 Å². The van der Waals surface area contributed by atoms with Gasteiger partial charge in [0.25, 0.3) is 0 Å². The van der Waals surface area contributed by atoms with E-state index < -0.39 is 0 Å². The maximum atomic E-state index is 4.87. The van der Waals surface area contributed by atoms with Gasteiger partial charge < -0.3 is 5.32 Å². The van der Waals surface area contributed by atoms with Gasteiger partial charge in [0.05, 0.1) is 0 Å². The maximum absolute atomic E-state index is 4.87. The first-order valence-electron chi connectivity index (χ1n) is 8.22. The van der Waals surface area contributed by atoms with Crippen LogP contribution in [0.3, 0.4) is 0 Å². The van der Waals surface area contributed by atoms with Gasteiger partial charge in [-0.15, -0.1) is 0 Å². The summed E-state index contributed by atoms with van der Waals surface area (Å²) in [4.78, 5) is 9.63. The average Bonchev–Trinajstić information content (AvgIpc) is 2.88. The molecule has 1 aromatic carbocycles. The number of nitrogens with zero attached hydrogens (tertiary/aromatic N) is 3. The van der Waals surface area contributed by atoms with E-state index in [-0.39, 0.29) is 0 Å². The fourth-order valence-corrected chi connectivity index (χ4v) is 2.95. The van der Waals surface area contributed by atoms with E-state index in [2.05, 4.69) is 67.9 Å². The second-order valence-corrected chi connectivity index (χ2v) is 6.29. The first-order chi connectivity index (χ1) is 11.0. The molecule has 1 N–H and O–H groups in total. The Hall–Kier alpha value is -2.36. The highest BCUT2D eigenvalue weighted by atomic mass is 15.1. The monoisotopic (exact) mass is 308 g/mol. The molecule has 4 heteroatoms. The zero-order valence-electron chi connectivity index (χ0n) is 14.5. The topological polar surface area (TPSA) is 42.7 Å². The Morgan fingerprint density at radius 1 is 1.09 bits per heavy atom. The van der Waals surface area contributed by atoms with E-state index in [1.54, 1.807) is 0 Å². The second kappa shape index (κ2) is 6.03. The van der Waals surface area contributed by atoms with E-state index in [1.165, 1.54) is 5.56 Å².